The summed E-state index contributed by atoms with van der Waals surface area (Å²) in [6, 6.07) is 0. The van der Waals surface area contributed by atoms with Crippen molar-refractivity contribution in [3.63, 3.8) is 0 Å². The second-order valence-electron chi connectivity index (χ2n) is 3.84. The number of aromatic amines is 1. The second-order valence-corrected chi connectivity index (χ2v) is 3.84. The third-order valence-corrected chi connectivity index (χ3v) is 2.80. The van der Waals surface area contributed by atoms with E-state index in [1.54, 1.807) is 6.20 Å². The summed E-state index contributed by atoms with van der Waals surface area (Å²) in [5.41, 5.74) is 2.37. The summed E-state index contributed by atoms with van der Waals surface area (Å²) in [6.45, 7) is 4.88. The van der Waals surface area contributed by atoms with Gasteiger partial charge in [0.2, 0.25) is 0 Å². The summed E-state index contributed by atoms with van der Waals surface area (Å²) < 4.78 is 2.00. The topological polar surface area (TPSA) is 58.5 Å². The normalized spacial score (nSPS) is 10.7. The van der Waals surface area contributed by atoms with E-state index in [2.05, 4.69) is 34.3 Å². The van der Waals surface area contributed by atoms with Crippen molar-refractivity contribution in [2.24, 2.45) is 7.05 Å². The predicted octanol–water partition coefficient (Wildman–Crippen LogP) is 1.63. The lowest BCUT2D eigenvalue weighted by Crippen LogP contribution is -2.06. The van der Waals surface area contributed by atoms with Crippen LogP contribution in [0.15, 0.2) is 12.4 Å². The molecule has 2 rings (SSSR count). The van der Waals surface area contributed by atoms with Gasteiger partial charge >= 0.3 is 0 Å². The molecule has 0 fully saturated rings. The molecule has 16 heavy (non-hydrogen) atoms. The quantitative estimate of drug-likeness (QED) is 0.821. The molecule has 0 amide bonds. The Kier molecular flexibility index (Phi) is 2.94. The fraction of sp³-hybridized carbons (Fsp3) is 0.455. The summed E-state index contributed by atoms with van der Waals surface area (Å²) in [5, 5.41) is 10.6. The Morgan fingerprint density at radius 3 is 2.88 bits per heavy atom. The Hall–Kier alpha value is -1.78. The Bertz CT molecular complexity index is 468. The van der Waals surface area contributed by atoms with Gasteiger partial charge in [-0.15, -0.1) is 0 Å². The van der Waals surface area contributed by atoms with Gasteiger partial charge in [0, 0.05) is 30.7 Å². The van der Waals surface area contributed by atoms with Crippen LogP contribution in [0.1, 0.15) is 24.0 Å². The molecule has 2 heterocycles. The molecule has 0 unspecified atom stereocenters. The molecule has 0 saturated carbocycles. The number of aromatic nitrogens is 4. The van der Waals surface area contributed by atoms with Crippen LogP contribution in [0, 0.1) is 6.92 Å². The van der Waals surface area contributed by atoms with Crippen molar-refractivity contribution in [1.82, 2.24) is 19.7 Å². The van der Waals surface area contributed by atoms with Crippen LogP contribution < -0.4 is 5.32 Å². The molecule has 0 aromatic carbocycles. The van der Waals surface area contributed by atoms with Crippen molar-refractivity contribution in [3.05, 3.63) is 29.5 Å². The first-order valence-corrected chi connectivity index (χ1v) is 5.46. The van der Waals surface area contributed by atoms with Crippen LogP contribution in [0.4, 0.5) is 5.82 Å². The van der Waals surface area contributed by atoms with Crippen LogP contribution >= 0.6 is 0 Å². The van der Waals surface area contributed by atoms with E-state index >= 15 is 0 Å². The van der Waals surface area contributed by atoms with Gasteiger partial charge in [-0.1, -0.05) is 6.92 Å². The molecule has 0 saturated heterocycles. The minimum atomic E-state index is 0.693. The molecule has 2 N–H and O–H groups in total. The molecular weight excluding hydrogens is 202 g/mol. The van der Waals surface area contributed by atoms with Gasteiger partial charge < -0.3 is 9.88 Å². The number of aryl methyl sites for hydroxylation is 2. The Morgan fingerprint density at radius 2 is 2.31 bits per heavy atom. The first-order chi connectivity index (χ1) is 7.72. The van der Waals surface area contributed by atoms with E-state index in [0.29, 0.717) is 6.54 Å². The highest BCUT2D eigenvalue weighted by molar-refractivity contribution is 5.45. The van der Waals surface area contributed by atoms with Crippen LogP contribution in [-0.2, 0) is 20.0 Å². The van der Waals surface area contributed by atoms with Crippen molar-refractivity contribution in [1.29, 1.82) is 0 Å². The van der Waals surface area contributed by atoms with Crippen LogP contribution in [0.25, 0.3) is 0 Å². The molecule has 2 aromatic heterocycles. The zero-order valence-electron chi connectivity index (χ0n) is 9.91. The molecule has 5 heteroatoms. The molecule has 0 aliphatic rings. The first-order valence-electron chi connectivity index (χ1n) is 5.46. The Balaban J connectivity index is 2.05. The zero-order chi connectivity index (χ0) is 11.5. The summed E-state index contributed by atoms with van der Waals surface area (Å²) in [5.74, 6) is 1.92. The fourth-order valence-corrected chi connectivity index (χ4v) is 1.68. The number of nitrogens with one attached hydrogen (secondary N) is 2. The van der Waals surface area contributed by atoms with Crippen LogP contribution in [0.5, 0.6) is 0 Å². The summed E-state index contributed by atoms with van der Waals surface area (Å²) in [6.07, 6.45) is 4.71. The Morgan fingerprint density at radius 1 is 1.50 bits per heavy atom. The number of anilines is 1. The van der Waals surface area contributed by atoms with Crippen LogP contribution in [0.2, 0.25) is 0 Å². The van der Waals surface area contributed by atoms with Gasteiger partial charge in [-0.05, 0) is 13.3 Å². The monoisotopic (exact) mass is 219 g/mol. The number of imidazole rings is 1. The third kappa shape index (κ3) is 1.93. The van der Waals surface area contributed by atoms with Crippen LogP contribution in [0.3, 0.4) is 0 Å². The largest absolute Gasteiger partial charge is 0.361 e. The maximum atomic E-state index is 4.25. The lowest BCUT2D eigenvalue weighted by atomic mass is 10.2. The molecule has 86 valence electrons. The molecular formula is C11H17N5. The first kappa shape index (κ1) is 10.7. The molecule has 0 radical (unpaired) electrons. The van der Waals surface area contributed by atoms with E-state index in [1.807, 2.05) is 17.8 Å². The predicted molar refractivity (Wildman–Crippen MR) is 63.2 cm³/mol. The van der Waals surface area contributed by atoms with Gasteiger partial charge in [-0.3, -0.25) is 5.10 Å². The van der Waals surface area contributed by atoms with Gasteiger partial charge in [0.15, 0.2) is 5.82 Å². The maximum Gasteiger partial charge on any atom is 0.151 e. The van der Waals surface area contributed by atoms with E-state index in [-0.39, 0.29) is 0 Å². The average Bonchev–Trinajstić information content (AvgIpc) is 2.83. The molecule has 0 atom stereocenters. The average molecular weight is 219 g/mol. The van der Waals surface area contributed by atoms with Gasteiger partial charge in [0.25, 0.3) is 0 Å². The van der Waals surface area contributed by atoms with Gasteiger partial charge in [0.1, 0.15) is 5.82 Å². The highest BCUT2D eigenvalue weighted by Gasteiger charge is 2.07. The number of hydrogen-bond donors (Lipinski definition) is 2. The van der Waals surface area contributed by atoms with Crippen molar-refractivity contribution in [2.75, 3.05) is 5.32 Å². The number of H-pyrrole nitrogens is 1. The number of hydrogen-bond acceptors (Lipinski definition) is 3. The summed E-state index contributed by atoms with van der Waals surface area (Å²) >= 11 is 0. The molecule has 0 aliphatic carbocycles. The minimum absolute atomic E-state index is 0.693. The minimum Gasteiger partial charge on any atom is -0.361 e. The van der Waals surface area contributed by atoms with E-state index in [1.165, 1.54) is 11.3 Å². The lowest BCUT2D eigenvalue weighted by Gasteiger charge is -2.04. The smallest absolute Gasteiger partial charge is 0.151 e. The molecule has 5 nitrogen and oxygen atoms in total. The highest BCUT2D eigenvalue weighted by atomic mass is 15.2. The highest BCUT2D eigenvalue weighted by Crippen LogP contribution is 2.15. The van der Waals surface area contributed by atoms with E-state index in [0.717, 1.165) is 18.1 Å². The van der Waals surface area contributed by atoms with Gasteiger partial charge in [-0.2, -0.15) is 5.10 Å². The van der Waals surface area contributed by atoms with E-state index < -0.39 is 0 Å². The molecule has 0 aliphatic heterocycles. The van der Waals surface area contributed by atoms with Crippen molar-refractivity contribution in [2.45, 2.75) is 26.8 Å². The fourth-order valence-electron chi connectivity index (χ4n) is 1.68. The molecule has 0 bridgehead atoms. The van der Waals surface area contributed by atoms with Gasteiger partial charge in [0.05, 0.1) is 6.54 Å². The van der Waals surface area contributed by atoms with E-state index in [4.69, 9.17) is 0 Å². The van der Waals surface area contributed by atoms with Crippen molar-refractivity contribution < 1.29 is 0 Å². The second kappa shape index (κ2) is 4.38. The van der Waals surface area contributed by atoms with Crippen molar-refractivity contribution in [3.8, 4) is 0 Å². The molecule has 2 aromatic rings. The Labute approximate surface area is 94.9 Å². The number of rotatable bonds is 4. The zero-order valence-corrected chi connectivity index (χ0v) is 9.91. The maximum absolute atomic E-state index is 4.25. The number of nitrogens with zero attached hydrogens (tertiary/aromatic N) is 3. The van der Waals surface area contributed by atoms with Gasteiger partial charge in [-0.25, -0.2) is 4.98 Å². The summed E-state index contributed by atoms with van der Waals surface area (Å²) in [7, 11) is 1.99. The van der Waals surface area contributed by atoms with Crippen molar-refractivity contribution >= 4 is 5.82 Å². The SMILES string of the molecule is CCc1[nH]nc(NCc2nccn2C)c1C. The lowest BCUT2D eigenvalue weighted by molar-refractivity contribution is 0.810. The van der Waals surface area contributed by atoms with E-state index in [9.17, 15) is 0 Å². The molecule has 0 spiro atoms. The third-order valence-electron chi connectivity index (χ3n) is 2.80. The van der Waals surface area contributed by atoms with Crippen LogP contribution in [-0.4, -0.2) is 19.7 Å². The summed E-state index contributed by atoms with van der Waals surface area (Å²) in [4.78, 5) is 4.25. The standard InChI is InChI=1S/C11H17N5/c1-4-9-8(2)11(15-14-9)13-7-10-12-5-6-16(10)3/h5-6H,4,7H2,1-3H3,(H2,13,14,15).